The van der Waals surface area contributed by atoms with Crippen LogP contribution < -0.4 is 0 Å². The van der Waals surface area contributed by atoms with E-state index in [4.69, 9.17) is 0 Å². The van der Waals surface area contributed by atoms with Crippen molar-refractivity contribution < 1.29 is 9.59 Å². The van der Waals surface area contributed by atoms with Gasteiger partial charge in [-0.2, -0.15) is 0 Å². The van der Waals surface area contributed by atoms with Crippen molar-refractivity contribution in [2.24, 2.45) is 0 Å². The SMILES string of the molecule is O=CSC(=O)c1ccccc1. The van der Waals surface area contributed by atoms with Gasteiger partial charge >= 0.3 is 0 Å². The van der Waals surface area contributed by atoms with Gasteiger partial charge in [0.1, 0.15) is 0 Å². The monoisotopic (exact) mass is 166 g/mol. The predicted octanol–water partition coefficient (Wildman–Crippen LogP) is 1.75. The van der Waals surface area contributed by atoms with Crippen LogP contribution in [0.1, 0.15) is 10.4 Å². The Kier molecular flexibility index (Phi) is 2.86. The standard InChI is InChI=1S/C8H6O2S/c9-6-11-8(10)7-4-2-1-3-5-7/h1-6H. The minimum absolute atomic E-state index is 0.208. The quantitative estimate of drug-likeness (QED) is 0.628. The summed E-state index contributed by atoms with van der Waals surface area (Å²) in [7, 11) is 0. The van der Waals surface area contributed by atoms with E-state index in [0.29, 0.717) is 22.9 Å². The highest BCUT2D eigenvalue weighted by molar-refractivity contribution is 8.25. The highest BCUT2D eigenvalue weighted by atomic mass is 32.2. The smallest absolute Gasteiger partial charge is 0.226 e. The molecule has 0 heterocycles. The molecule has 0 aliphatic heterocycles. The molecular formula is C8H6O2S. The Morgan fingerprint density at radius 2 is 1.91 bits per heavy atom. The van der Waals surface area contributed by atoms with Crippen LogP contribution in [0.25, 0.3) is 0 Å². The summed E-state index contributed by atoms with van der Waals surface area (Å²) in [5.41, 5.74) is 1.10. The lowest BCUT2D eigenvalue weighted by Gasteiger charge is -1.92. The lowest BCUT2D eigenvalue weighted by molar-refractivity contribution is 0.109. The zero-order chi connectivity index (χ0) is 8.10. The summed E-state index contributed by atoms with van der Waals surface area (Å²) in [6.07, 6.45) is 0. The molecule has 1 rings (SSSR count). The zero-order valence-corrected chi connectivity index (χ0v) is 6.51. The summed E-state index contributed by atoms with van der Waals surface area (Å²) >= 11 is 0.665. The van der Waals surface area contributed by atoms with E-state index in [0.717, 1.165) is 0 Å². The molecule has 1 aromatic rings. The molecule has 0 fully saturated rings. The molecule has 11 heavy (non-hydrogen) atoms. The summed E-state index contributed by atoms with van der Waals surface area (Å²) in [6.45, 7) is 0. The van der Waals surface area contributed by atoms with Crippen LogP contribution in [0.5, 0.6) is 0 Å². The van der Waals surface area contributed by atoms with Crippen LogP contribution in [0.2, 0.25) is 0 Å². The van der Waals surface area contributed by atoms with Crippen molar-refractivity contribution in [2.45, 2.75) is 0 Å². The van der Waals surface area contributed by atoms with Gasteiger partial charge in [-0.15, -0.1) is 0 Å². The predicted molar refractivity (Wildman–Crippen MR) is 45.1 cm³/mol. The van der Waals surface area contributed by atoms with Crippen molar-refractivity contribution in [3.05, 3.63) is 35.9 Å². The van der Waals surface area contributed by atoms with Crippen molar-refractivity contribution in [3.63, 3.8) is 0 Å². The molecule has 2 nitrogen and oxygen atoms in total. The lowest BCUT2D eigenvalue weighted by Crippen LogP contribution is -1.91. The van der Waals surface area contributed by atoms with Gasteiger partial charge in [0.25, 0.3) is 0 Å². The molecular weight excluding hydrogens is 160 g/mol. The number of carbonyl (C=O) groups is 2. The first kappa shape index (κ1) is 8.01. The number of benzene rings is 1. The van der Waals surface area contributed by atoms with Gasteiger partial charge in [-0.1, -0.05) is 30.3 Å². The van der Waals surface area contributed by atoms with Crippen LogP contribution in [0.3, 0.4) is 0 Å². The van der Waals surface area contributed by atoms with Crippen LogP contribution in [-0.4, -0.2) is 10.7 Å². The van der Waals surface area contributed by atoms with Crippen molar-refractivity contribution in [3.8, 4) is 0 Å². The third-order valence-electron chi connectivity index (χ3n) is 1.16. The molecule has 0 saturated heterocycles. The van der Waals surface area contributed by atoms with E-state index in [1.54, 1.807) is 24.3 Å². The summed E-state index contributed by atoms with van der Waals surface area (Å²) < 4.78 is 0. The number of hydrogen-bond acceptors (Lipinski definition) is 3. The zero-order valence-electron chi connectivity index (χ0n) is 5.69. The average Bonchev–Trinajstić information content (AvgIpc) is 2.07. The summed E-state index contributed by atoms with van der Waals surface area (Å²) in [4.78, 5) is 20.9. The Morgan fingerprint density at radius 1 is 1.27 bits per heavy atom. The molecule has 1 aromatic carbocycles. The average molecular weight is 166 g/mol. The maximum atomic E-state index is 11.0. The lowest BCUT2D eigenvalue weighted by atomic mass is 10.2. The Hall–Kier alpha value is -1.09. The molecule has 0 unspecified atom stereocenters. The number of thioether (sulfide) groups is 1. The second-order valence-electron chi connectivity index (χ2n) is 1.87. The van der Waals surface area contributed by atoms with E-state index >= 15 is 0 Å². The van der Waals surface area contributed by atoms with Crippen LogP contribution in [0, 0.1) is 0 Å². The van der Waals surface area contributed by atoms with Crippen molar-refractivity contribution in [1.82, 2.24) is 0 Å². The van der Waals surface area contributed by atoms with Gasteiger partial charge < -0.3 is 0 Å². The fourth-order valence-corrected chi connectivity index (χ4v) is 1.05. The fraction of sp³-hybridized carbons (Fsp3) is 0. The van der Waals surface area contributed by atoms with Crippen LogP contribution in [-0.2, 0) is 4.79 Å². The third kappa shape index (κ3) is 2.20. The van der Waals surface area contributed by atoms with Gasteiger partial charge in [0, 0.05) is 5.56 Å². The van der Waals surface area contributed by atoms with Crippen molar-refractivity contribution in [1.29, 1.82) is 0 Å². The van der Waals surface area contributed by atoms with E-state index in [1.165, 1.54) is 0 Å². The fourth-order valence-electron chi connectivity index (χ4n) is 0.686. The maximum absolute atomic E-state index is 11.0. The minimum Gasteiger partial charge on any atom is -0.290 e. The Balaban J connectivity index is 2.77. The highest BCUT2D eigenvalue weighted by Gasteiger charge is 2.02. The molecule has 56 valence electrons. The topological polar surface area (TPSA) is 34.1 Å². The highest BCUT2D eigenvalue weighted by Crippen LogP contribution is 2.08. The van der Waals surface area contributed by atoms with Crippen LogP contribution >= 0.6 is 11.8 Å². The van der Waals surface area contributed by atoms with Crippen LogP contribution in [0.4, 0.5) is 0 Å². The first-order chi connectivity index (χ1) is 5.34. The summed E-state index contributed by atoms with van der Waals surface area (Å²) in [6, 6.07) is 8.71. The first-order valence-electron chi connectivity index (χ1n) is 3.04. The number of carbonyl (C=O) groups excluding carboxylic acids is 2. The van der Waals surface area contributed by atoms with Gasteiger partial charge in [-0.05, 0) is 11.8 Å². The van der Waals surface area contributed by atoms with E-state index in [2.05, 4.69) is 0 Å². The van der Waals surface area contributed by atoms with Crippen LogP contribution in [0.15, 0.2) is 30.3 Å². The third-order valence-corrected chi connectivity index (χ3v) is 1.71. The normalized spacial score (nSPS) is 9.09. The van der Waals surface area contributed by atoms with Gasteiger partial charge in [-0.25, -0.2) is 0 Å². The van der Waals surface area contributed by atoms with Gasteiger partial charge in [-0.3, -0.25) is 9.59 Å². The van der Waals surface area contributed by atoms with E-state index in [9.17, 15) is 9.59 Å². The Labute approximate surface area is 68.6 Å². The molecule has 0 radical (unpaired) electrons. The van der Waals surface area contributed by atoms with Crippen molar-refractivity contribution in [2.75, 3.05) is 0 Å². The summed E-state index contributed by atoms with van der Waals surface area (Å²) in [5.74, 6) is 0. The summed E-state index contributed by atoms with van der Waals surface area (Å²) in [5, 5.41) is -0.208. The maximum Gasteiger partial charge on any atom is 0.226 e. The molecule has 0 aliphatic rings. The largest absolute Gasteiger partial charge is 0.290 e. The Bertz CT molecular complexity index is 256. The van der Waals surface area contributed by atoms with E-state index in [1.807, 2.05) is 6.07 Å². The number of rotatable bonds is 2. The minimum atomic E-state index is -0.208. The molecule has 0 N–H and O–H groups in total. The second-order valence-corrected chi connectivity index (χ2v) is 2.67. The molecule has 0 atom stereocenters. The number of hydrogen-bond donors (Lipinski definition) is 0. The molecule has 0 bridgehead atoms. The van der Waals surface area contributed by atoms with E-state index in [-0.39, 0.29) is 5.12 Å². The first-order valence-corrected chi connectivity index (χ1v) is 3.92. The molecule has 0 aliphatic carbocycles. The van der Waals surface area contributed by atoms with Gasteiger partial charge in [0.05, 0.1) is 0 Å². The molecule has 0 aromatic heterocycles. The molecule has 0 amide bonds. The van der Waals surface area contributed by atoms with Gasteiger partial charge in [0.2, 0.25) is 5.12 Å². The molecule has 0 saturated carbocycles. The van der Waals surface area contributed by atoms with Crippen molar-refractivity contribution >= 4 is 22.5 Å². The molecule has 0 spiro atoms. The second kappa shape index (κ2) is 3.93. The Morgan fingerprint density at radius 3 is 2.45 bits per heavy atom. The molecule has 3 heteroatoms. The van der Waals surface area contributed by atoms with E-state index < -0.39 is 0 Å². The van der Waals surface area contributed by atoms with Gasteiger partial charge in [0.15, 0.2) is 5.62 Å².